The molecule has 130 valence electrons. The molecule has 0 unspecified atom stereocenters. The molecule has 0 bridgehead atoms. The fraction of sp³-hybridized carbons (Fsp3) is 0.667. The summed E-state index contributed by atoms with van der Waals surface area (Å²) >= 11 is 0. The number of carbonyl (C=O) groups is 1. The van der Waals surface area contributed by atoms with Gasteiger partial charge >= 0.3 is 0 Å². The van der Waals surface area contributed by atoms with Crippen LogP contribution >= 0.6 is 0 Å². The van der Waals surface area contributed by atoms with Crippen molar-refractivity contribution in [2.45, 2.75) is 85.5 Å². The van der Waals surface area contributed by atoms with E-state index in [2.05, 4.69) is 74.4 Å². The molecule has 1 aromatic rings. The van der Waals surface area contributed by atoms with Crippen molar-refractivity contribution < 1.29 is 4.79 Å². The van der Waals surface area contributed by atoms with Crippen LogP contribution in [0.1, 0.15) is 85.9 Å². The van der Waals surface area contributed by atoms with Gasteiger partial charge in [-0.3, -0.25) is 4.79 Å². The Labute approximate surface area is 143 Å². The number of amides is 1. The van der Waals surface area contributed by atoms with E-state index in [1.165, 1.54) is 16.7 Å². The van der Waals surface area contributed by atoms with Crippen LogP contribution in [0.2, 0.25) is 0 Å². The van der Waals surface area contributed by atoms with Gasteiger partial charge < -0.3 is 4.90 Å². The summed E-state index contributed by atoms with van der Waals surface area (Å²) in [7, 11) is 0. The molecule has 2 nitrogen and oxygen atoms in total. The number of hydrogen-bond acceptors (Lipinski definition) is 1. The molecule has 0 radical (unpaired) electrons. The molecule has 0 N–H and O–H groups in total. The van der Waals surface area contributed by atoms with Gasteiger partial charge in [-0.15, -0.1) is 0 Å². The molecule has 1 aromatic carbocycles. The minimum atomic E-state index is -0.0208. The molecule has 0 aliphatic carbocycles. The van der Waals surface area contributed by atoms with Crippen LogP contribution in [0.5, 0.6) is 0 Å². The van der Waals surface area contributed by atoms with Crippen LogP contribution < -0.4 is 4.90 Å². The fourth-order valence-electron chi connectivity index (χ4n) is 2.81. The fourth-order valence-corrected chi connectivity index (χ4v) is 2.81. The molecule has 0 atom stereocenters. The zero-order valence-corrected chi connectivity index (χ0v) is 16.8. The molecule has 0 saturated heterocycles. The minimum absolute atomic E-state index is 0.0208. The zero-order chi connectivity index (χ0) is 18.2. The van der Waals surface area contributed by atoms with Gasteiger partial charge in [-0.05, 0) is 39.9 Å². The summed E-state index contributed by atoms with van der Waals surface area (Å²) in [5, 5.41) is 0. The Morgan fingerprint density at radius 2 is 1.22 bits per heavy atom. The molecule has 0 aliphatic heterocycles. The Kier molecular flexibility index (Phi) is 5.40. The van der Waals surface area contributed by atoms with Gasteiger partial charge in [0.25, 0.3) is 0 Å². The molecule has 1 rings (SSSR count). The average molecular weight is 318 g/mol. The molecule has 0 aliphatic rings. The van der Waals surface area contributed by atoms with Crippen molar-refractivity contribution in [2.75, 3.05) is 11.4 Å². The Hall–Kier alpha value is -1.31. The molecule has 2 heteroatoms. The average Bonchev–Trinajstić information content (AvgIpc) is 2.36. The first-order valence-corrected chi connectivity index (χ1v) is 8.65. The number of carbonyl (C=O) groups excluding carboxylic acids is 1. The molecule has 0 saturated carbocycles. The van der Waals surface area contributed by atoms with Gasteiger partial charge in [-0.1, -0.05) is 74.4 Å². The number of nitrogens with zero attached hydrogens (tertiary/aromatic N) is 1. The van der Waals surface area contributed by atoms with Crippen LogP contribution in [0.15, 0.2) is 12.1 Å². The van der Waals surface area contributed by atoms with Crippen LogP contribution in [0.3, 0.4) is 0 Å². The van der Waals surface area contributed by atoms with E-state index in [-0.39, 0.29) is 16.2 Å². The standard InChI is InChI=1S/C21H35NO/c1-11-22(14-23)18-16(20(5,6)7)12-15(19(2,3)4)13-17(18)21(8,9)10/h12-14H,11H2,1-10H3. The Bertz CT molecular complexity index is 530. The predicted molar refractivity (Wildman–Crippen MR) is 102 cm³/mol. The van der Waals surface area contributed by atoms with E-state index < -0.39 is 0 Å². The maximum absolute atomic E-state index is 11.7. The van der Waals surface area contributed by atoms with Gasteiger partial charge in [0.2, 0.25) is 6.41 Å². The molecule has 0 heterocycles. The van der Waals surface area contributed by atoms with E-state index in [1.54, 1.807) is 0 Å². The van der Waals surface area contributed by atoms with E-state index in [0.29, 0.717) is 6.54 Å². The van der Waals surface area contributed by atoms with Gasteiger partial charge in [-0.25, -0.2) is 0 Å². The van der Waals surface area contributed by atoms with Crippen LogP contribution in [0, 0.1) is 0 Å². The molecular formula is C21H35NO. The number of hydrogen-bond donors (Lipinski definition) is 0. The van der Waals surface area contributed by atoms with Crippen molar-refractivity contribution >= 4 is 12.1 Å². The lowest BCUT2D eigenvalue weighted by molar-refractivity contribution is -0.107. The largest absolute Gasteiger partial charge is 0.315 e. The van der Waals surface area contributed by atoms with Crippen molar-refractivity contribution in [2.24, 2.45) is 0 Å². The normalized spacial score (nSPS) is 13.1. The Morgan fingerprint density at radius 1 is 0.826 bits per heavy atom. The Morgan fingerprint density at radius 3 is 1.43 bits per heavy atom. The van der Waals surface area contributed by atoms with E-state index in [4.69, 9.17) is 0 Å². The van der Waals surface area contributed by atoms with Crippen LogP contribution in [-0.4, -0.2) is 13.0 Å². The third kappa shape index (κ3) is 4.37. The lowest BCUT2D eigenvalue weighted by atomic mass is 9.74. The summed E-state index contributed by atoms with van der Waals surface area (Å²) in [6.45, 7) is 22.8. The van der Waals surface area contributed by atoms with Gasteiger partial charge in [0.15, 0.2) is 0 Å². The van der Waals surface area contributed by atoms with Crippen molar-refractivity contribution in [3.63, 3.8) is 0 Å². The maximum atomic E-state index is 11.7. The molecular weight excluding hydrogens is 282 g/mol. The van der Waals surface area contributed by atoms with Crippen LogP contribution in [0.25, 0.3) is 0 Å². The topological polar surface area (TPSA) is 20.3 Å². The summed E-state index contributed by atoms with van der Waals surface area (Å²) in [5.41, 5.74) is 4.97. The third-order valence-corrected chi connectivity index (χ3v) is 4.35. The first-order chi connectivity index (χ1) is 10.2. The van der Waals surface area contributed by atoms with Gasteiger partial charge in [0.1, 0.15) is 0 Å². The first kappa shape index (κ1) is 19.7. The molecule has 1 amide bonds. The molecule has 23 heavy (non-hydrogen) atoms. The summed E-state index contributed by atoms with van der Waals surface area (Å²) in [4.78, 5) is 13.6. The van der Waals surface area contributed by atoms with E-state index >= 15 is 0 Å². The highest BCUT2D eigenvalue weighted by atomic mass is 16.1. The van der Waals surface area contributed by atoms with Gasteiger partial charge in [0, 0.05) is 6.54 Å². The minimum Gasteiger partial charge on any atom is -0.315 e. The summed E-state index contributed by atoms with van der Waals surface area (Å²) in [6.07, 6.45) is 0.969. The summed E-state index contributed by atoms with van der Waals surface area (Å²) in [6, 6.07) is 4.60. The third-order valence-electron chi connectivity index (χ3n) is 4.35. The highest BCUT2D eigenvalue weighted by Gasteiger charge is 2.31. The lowest BCUT2D eigenvalue weighted by Crippen LogP contribution is -2.30. The Balaban J connectivity index is 3.93. The summed E-state index contributed by atoms with van der Waals surface area (Å²) in [5.74, 6) is 0. The lowest BCUT2D eigenvalue weighted by Gasteiger charge is -2.36. The smallest absolute Gasteiger partial charge is 0.214 e. The van der Waals surface area contributed by atoms with Crippen molar-refractivity contribution in [1.82, 2.24) is 0 Å². The van der Waals surface area contributed by atoms with Crippen molar-refractivity contribution in [3.05, 3.63) is 28.8 Å². The first-order valence-electron chi connectivity index (χ1n) is 8.65. The predicted octanol–water partition coefficient (Wildman–Crippen LogP) is 5.56. The SMILES string of the molecule is CCN(C=O)c1c(C(C)(C)C)cc(C(C)(C)C)cc1C(C)(C)C. The molecule has 0 spiro atoms. The molecule has 0 fully saturated rings. The van der Waals surface area contributed by atoms with Crippen LogP contribution in [-0.2, 0) is 21.0 Å². The highest BCUT2D eigenvalue weighted by molar-refractivity contribution is 5.81. The van der Waals surface area contributed by atoms with E-state index in [9.17, 15) is 4.79 Å². The van der Waals surface area contributed by atoms with E-state index in [1.807, 2.05) is 11.8 Å². The maximum Gasteiger partial charge on any atom is 0.214 e. The van der Waals surface area contributed by atoms with Crippen molar-refractivity contribution in [3.8, 4) is 0 Å². The number of anilines is 1. The highest BCUT2D eigenvalue weighted by Crippen LogP contribution is 2.42. The second-order valence-electron chi connectivity index (χ2n) is 9.56. The monoisotopic (exact) mass is 317 g/mol. The van der Waals surface area contributed by atoms with Gasteiger partial charge in [-0.2, -0.15) is 0 Å². The van der Waals surface area contributed by atoms with Crippen LogP contribution in [0.4, 0.5) is 5.69 Å². The zero-order valence-electron chi connectivity index (χ0n) is 16.8. The van der Waals surface area contributed by atoms with E-state index in [0.717, 1.165) is 12.1 Å². The second-order valence-corrected chi connectivity index (χ2v) is 9.56. The molecule has 0 aromatic heterocycles. The summed E-state index contributed by atoms with van der Waals surface area (Å²) < 4.78 is 0. The van der Waals surface area contributed by atoms with Gasteiger partial charge in [0.05, 0.1) is 5.69 Å². The second kappa shape index (κ2) is 6.30. The number of rotatable bonds is 3. The quantitative estimate of drug-likeness (QED) is 0.668. The van der Waals surface area contributed by atoms with Crippen molar-refractivity contribution in [1.29, 1.82) is 0 Å². The number of benzene rings is 1.